The van der Waals surface area contributed by atoms with Crippen LogP contribution in [0.25, 0.3) is 28.5 Å². The molecule has 1 N–H and O–H groups in total. The van der Waals surface area contributed by atoms with Gasteiger partial charge >= 0.3 is 0 Å². The first-order valence-corrected chi connectivity index (χ1v) is 10.3. The van der Waals surface area contributed by atoms with Gasteiger partial charge in [0, 0.05) is 30.1 Å². The van der Waals surface area contributed by atoms with Crippen LogP contribution in [0.15, 0.2) is 108 Å². The molecular weight excluding hydrogens is 400 g/mol. The molecule has 156 valence electrons. The lowest BCUT2D eigenvalue weighted by Crippen LogP contribution is -2.23. The molecule has 32 heavy (non-hydrogen) atoms. The number of carbonyl (C=O) groups excluding carboxylic acids is 1. The molecule has 2 aromatic heterocycles. The van der Waals surface area contributed by atoms with Gasteiger partial charge in [-0.1, -0.05) is 54.6 Å². The molecule has 0 radical (unpaired) electrons. The molecule has 0 spiro atoms. The molecule has 1 amide bonds. The highest BCUT2D eigenvalue weighted by Gasteiger charge is 2.16. The van der Waals surface area contributed by atoms with E-state index in [0.717, 1.165) is 16.8 Å². The molecule has 0 aliphatic heterocycles. The van der Waals surface area contributed by atoms with E-state index in [0.29, 0.717) is 29.3 Å². The molecule has 3 aromatic carbocycles. The van der Waals surface area contributed by atoms with Crippen LogP contribution in [0.3, 0.4) is 0 Å². The van der Waals surface area contributed by atoms with E-state index in [9.17, 15) is 4.79 Å². The van der Waals surface area contributed by atoms with Crippen molar-refractivity contribution in [3.05, 3.63) is 115 Å². The third-order valence-corrected chi connectivity index (χ3v) is 5.12. The van der Waals surface area contributed by atoms with Gasteiger partial charge in [-0.15, -0.1) is 0 Å². The third-order valence-electron chi connectivity index (χ3n) is 5.12. The predicted molar refractivity (Wildman–Crippen MR) is 122 cm³/mol. The molecule has 0 aliphatic carbocycles. The number of nitrogens with one attached hydrogen (secondary N) is 1. The van der Waals surface area contributed by atoms with E-state index in [2.05, 4.69) is 15.4 Å². The van der Waals surface area contributed by atoms with E-state index in [4.69, 9.17) is 4.42 Å². The molecule has 0 bridgehead atoms. The minimum absolute atomic E-state index is 0.184. The highest BCUT2D eigenvalue weighted by Crippen LogP contribution is 2.28. The Kier molecular flexibility index (Phi) is 5.32. The molecule has 0 unspecified atom stereocenters. The number of benzene rings is 3. The number of amides is 1. The lowest BCUT2D eigenvalue weighted by atomic mass is 10.1. The normalized spacial score (nSPS) is 10.8. The van der Waals surface area contributed by atoms with E-state index >= 15 is 0 Å². The molecule has 0 atom stereocenters. The van der Waals surface area contributed by atoms with Crippen molar-refractivity contribution < 1.29 is 9.21 Å². The summed E-state index contributed by atoms with van der Waals surface area (Å²) < 4.78 is 7.75. The molecule has 0 saturated carbocycles. The summed E-state index contributed by atoms with van der Waals surface area (Å²) in [7, 11) is 0. The Hall–Kier alpha value is -4.45. The number of aromatic nitrogens is 3. The molecule has 6 heteroatoms. The topological polar surface area (TPSA) is 73.0 Å². The minimum atomic E-state index is -0.184. The summed E-state index contributed by atoms with van der Waals surface area (Å²) in [5.41, 5.74) is 4.07. The Bertz CT molecular complexity index is 1320. The van der Waals surface area contributed by atoms with Crippen LogP contribution >= 0.6 is 0 Å². The first-order valence-electron chi connectivity index (χ1n) is 10.3. The van der Waals surface area contributed by atoms with Crippen molar-refractivity contribution in [2.75, 3.05) is 0 Å². The zero-order chi connectivity index (χ0) is 21.8. The summed E-state index contributed by atoms with van der Waals surface area (Å²) in [4.78, 5) is 17.4. The van der Waals surface area contributed by atoms with Gasteiger partial charge in [-0.3, -0.25) is 4.79 Å². The van der Waals surface area contributed by atoms with Crippen LogP contribution < -0.4 is 5.32 Å². The van der Waals surface area contributed by atoms with E-state index in [1.54, 1.807) is 23.1 Å². The maximum Gasteiger partial charge on any atom is 0.252 e. The number of rotatable bonds is 6. The van der Waals surface area contributed by atoms with Crippen LogP contribution in [-0.4, -0.2) is 20.7 Å². The van der Waals surface area contributed by atoms with Crippen LogP contribution in [0, 0.1) is 0 Å². The smallest absolute Gasteiger partial charge is 0.252 e. The SMILES string of the molecule is O=C(NCc1ccc(-n2cccn2)cc1)c1ccccc1-c1ncc(-c2ccccc2)o1. The highest BCUT2D eigenvalue weighted by molar-refractivity contribution is 6.00. The second kappa shape index (κ2) is 8.73. The van der Waals surface area contributed by atoms with Crippen molar-refractivity contribution in [2.24, 2.45) is 0 Å². The van der Waals surface area contributed by atoms with Gasteiger partial charge in [0.25, 0.3) is 5.91 Å². The molecule has 6 nitrogen and oxygen atoms in total. The van der Waals surface area contributed by atoms with Crippen LogP contribution in [0.2, 0.25) is 0 Å². The maximum absolute atomic E-state index is 12.9. The van der Waals surface area contributed by atoms with E-state index in [1.807, 2.05) is 85.1 Å². The number of carbonyl (C=O) groups is 1. The van der Waals surface area contributed by atoms with Gasteiger partial charge in [-0.2, -0.15) is 5.10 Å². The minimum Gasteiger partial charge on any atom is -0.436 e. The molecular formula is C26H20N4O2. The summed E-state index contributed by atoms with van der Waals surface area (Å²) in [5.74, 6) is 0.891. The fraction of sp³-hybridized carbons (Fsp3) is 0.0385. The molecule has 5 aromatic rings. The van der Waals surface area contributed by atoms with Gasteiger partial charge in [0.05, 0.1) is 17.4 Å². The van der Waals surface area contributed by atoms with Gasteiger partial charge in [-0.05, 0) is 35.9 Å². The van der Waals surface area contributed by atoms with Crippen molar-refractivity contribution >= 4 is 5.91 Å². The van der Waals surface area contributed by atoms with Gasteiger partial charge in [0.2, 0.25) is 5.89 Å². The summed E-state index contributed by atoms with van der Waals surface area (Å²) in [6.45, 7) is 0.410. The summed E-state index contributed by atoms with van der Waals surface area (Å²) in [5, 5.41) is 7.21. The van der Waals surface area contributed by atoms with Crippen LogP contribution in [0.1, 0.15) is 15.9 Å². The highest BCUT2D eigenvalue weighted by atomic mass is 16.4. The van der Waals surface area contributed by atoms with Crippen LogP contribution in [0.4, 0.5) is 0 Å². The Morgan fingerprint density at radius 1 is 0.906 bits per heavy atom. The van der Waals surface area contributed by atoms with Crippen molar-refractivity contribution in [1.82, 2.24) is 20.1 Å². The Morgan fingerprint density at radius 2 is 1.69 bits per heavy atom. The lowest BCUT2D eigenvalue weighted by Gasteiger charge is -2.09. The monoisotopic (exact) mass is 420 g/mol. The average molecular weight is 420 g/mol. The molecule has 2 heterocycles. The second-order valence-electron chi connectivity index (χ2n) is 7.24. The third kappa shape index (κ3) is 4.06. The predicted octanol–water partition coefficient (Wildman–Crippen LogP) is 5.12. The standard InChI is InChI=1S/C26H20N4O2/c31-25(27-17-19-11-13-21(14-12-19)30-16-6-15-29-30)22-9-4-5-10-23(22)26-28-18-24(32-26)20-7-2-1-3-8-20/h1-16,18H,17H2,(H,27,31). The van der Waals surface area contributed by atoms with E-state index in [1.165, 1.54) is 0 Å². The fourth-order valence-electron chi connectivity index (χ4n) is 3.47. The number of nitrogens with zero attached hydrogens (tertiary/aromatic N) is 3. The molecule has 0 saturated heterocycles. The van der Waals surface area contributed by atoms with Crippen molar-refractivity contribution in [1.29, 1.82) is 0 Å². The average Bonchev–Trinajstić information content (AvgIpc) is 3.56. The van der Waals surface area contributed by atoms with Gasteiger partial charge in [0.15, 0.2) is 5.76 Å². The van der Waals surface area contributed by atoms with Crippen molar-refractivity contribution in [3.63, 3.8) is 0 Å². The van der Waals surface area contributed by atoms with Gasteiger partial charge in [0.1, 0.15) is 0 Å². The Balaban J connectivity index is 1.32. The molecule has 0 aliphatic rings. The van der Waals surface area contributed by atoms with Crippen molar-refractivity contribution in [2.45, 2.75) is 6.54 Å². The number of oxazole rings is 1. The first kappa shape index (κ1) is 19.5. The zero-order valence-corrected chi connectivity index (χ0v) is 17.2. The van der Waals surface area contributed by atoms with E-state index in [-0.39, 0.29) is 5.91 Å². The lowest BCUT2D eigenvalue weighted by molar-refractivity contribution is 0.0951. The van der Waals surface area contributed by atoms with Gasteiger partial charge in [-0.25, -0.2) is 9.67 Å². The van der Waals surface area contributed by atoms with Gasteiger partial charge < -0.3 is 9.73 Å². The zero-order valence-electron chi connectivity index (χ0n) is 17.2. The van der Waals surface area contributed by atoms with Crippen LogP contribution in [0.5, 0.6) is 0 Å². The number of hydrogen-bond donors (Lipinski definition) is 1. The quantitative estimate of drug-likeness (QED) is 0.414. The van der Waals surface area contributed by atoms with E-state index < -0.39 is 0 Å². The molecule has 0 fully saturated rings. The fourth-order valence-corrected chi connectivity index (χ4v) is 3.47. The summed E-state index contributed by atoms with van der Waals surface area (Å²) >= 11 is 0. The van der Waals surface area contributed by atoms with Crippen LogP contribution in [-0.2, 0) is 6.54 Å². The summed E-state index contributed by atoms with van der Waals surface area (Å²) in [6, 6.07) is 26.8. The molecule has 5 rings (SSSR count). The summed E-state index contributed by atoms with van der Waals surface area (Å²) in [6.07, 6.45) is 5.31. The Morgan fingerprint density at radius 3 is 2.47 bits per heavy atom. The largest absolute Gasteiger partial charge is 0.436 e. The second-order valence-corrected chi connectivity index (χ2v) is 7.24. The number of hydrogen-bond acceptors (Lipinski definition) is 4. The Labute approximate surface area is 185 Å². The first-order chi connectivity index (χ1) is 15.8. The maximum atomic E-state index is 12.9. The van der Waals surface area contributed by atoms with Crippen molar-refractivity contribution in [3.8, 4) is 28.5 Å².